The van der Waals surface area contributed by atoms with Crippen LogP contribution >= 0.6 is 0 Å². The van der Waals surface area contributed by atoms with Crippen LogP contribution in [0, 0.1) is 0 Å². The van der Waals surface area contributed by atoms with Crippen molar-refractivity contribution in [2.75, 3.05) is 7.11 Å². The lowest BCUT2D eigenvalue weighted by molar-refractivity contribution is -0.125. The van der Waals surface area contributed by atoms with Gasteiger partial charge >= 0.3 is 0 Å². The predicted molar refractivity (Wildman–Crippen MR) is 100 cm³/mol. The fourth-order valence-corrected chi connectivity index (χ4v) is 2.74. The number of nitrogens with one attached hydrogen (secondary N) is 1. The van der Waals surface area contributed by atoms with E-state index in [9.17, 15) is 9.59 Å². The van der Waals surface area contributed by atoms with E-state index < -0.39 is 6.04 Å². The number of furan rings is 1. The van der Waals surface area contributed by atoms with Crippen molar-refractivity contribution >= 4 is 5.91 Å². The Labute approximate surface area is 156 Å². The number of aromatic nitrogens is 2. The molecule has 7 heteroatoms. The Hall–Kier alpha value is -3.35. The first-order chi connectivity index (χ1) is 13.1. The summed E-state index contributed by atoms with van der Waals surface area (Å²) in [5, 5.41) is 7.20. The molecular formula is C20H21N3O4. The van der Waals surface area contributed by atoms with Gasteiger partial charge in [0.25, 0.3) is 5.56 Å². The molecular weight excluding hydrogens is 346 g/mol. The maximum Gasteiger partial charge on any atom is 0.267 e. The highest BCUT2D eigenvalue weighted by molar-refractivity contribution is 5.80. The van der Waals surface area contributed by atoms with Crippen LogP contribution in [-0.4, -0.2) is 22.8 Å². The van der Waals surface area contributed by atoms with Gasteiger partial charge in [-0.25, -0.2) is 4.68 Å². The lowest BCUT2D eigenvalue weighted by Gasteiger charge is -2.17. The molecule has 0 saturated carbocycles. The molecule has 0 saturated heterocycles. The van der Waals surface area contributed by atoms with Crippen molar-refractivity contribution in [2.45, 2.75) is 25.9 Å². The lowest BCUT2D eigenvalue weighted by atomic mass is 10.1. The Balaban J connectivity index is 1.84. The first kappa shape index (κ1) is 18.4. The lowest BCUT2D eigenvalue weighted by Crippen LogP contribution is -2.37. The second kappa shape index (κ2) is 8.35. The number of carbonyl (C=O) groups excluding carboxylic acids is 1. The van der Waals surface area contributed by atoms with Crippen molar-refractivity contribution in [3.63, 3.8) is 0 Å². The van der Waals surface area contributed by atoms with E-state index in [-0.39, 0.29) is 18.0 Å². The topological polar surface area (TPSA) is 86.4 Å². The summed E-state index contributed by atoms with van der Waals surface area (Å²) in [6.07, 6.45) is 1.98. The zero-order valence-electron chi connectivity index (χ0n) is 15.2. The SMILES string of the molecule is CC[C@@H](C(=O)NCc1ccco1)n1nc(-c2ccc(OC)cc2)ccc1=O. The third-order valence-corrected chi connectivity index (χ3v) is 4.21. The number of hydrogen-bond acceptors (Lipinski definition) is 5. The van der Waals surface area contributed by atoms with Gasteiger partial charge in [-0.2, -0.15) is 5.10 Å². The second-order valence-electron chi connectivity index (χ2n) is 5.95. The van der Waals surface area contributed by atoms with Crippen molar-refractivity contribution in [3.8, 4) is 17.0 Å². The van der Waals surface area contributed by atoms with Gasteiger partial charge in [0.2, 0.25) is 5.91 Å². The van der Waals surface area contributed by atoms with Crippen LogP contribution in [0.1, 0.15) is 25.1 Å². The number of carbonyl (C=O) groups is 1. The molecule has 2 aromatic heterocycles. The molecule has 0 spiro atoms. The highest BCUT2D eigenvalue weighted by Crippen LogP contribution is 2.20. The summed E-state index contributed by atoms with van der Waals surface area (Å²) in [5.74, 6) is 1.09. The molecule has 0 radical (unpaired) electrons. The molecule has 0 bridgehead atoms. The summed E-state index contributed by atoms with van der Waals surface area (Å²) in [5.41, 5.74) is 1.11. The standard InChI is InChI=1S/C20H21N3O4/c1-3-18(20(25)21-13-16-5-4-12-27-16)23-19(24)11-10-17(22-23)14-6-8-15(26-2)9-7-14/h4-12,18H,3,13H2,1-2H3,(H,21,25)/t18-/m0/s1. The third kappa shape index (κ3) is 4.25. The molecule has 0 fully saturated rings. The maximum absolute atomic E-state index is 12.6. The molecule has 1 N–H and O–H groups in total. The number of methoxy groups -OCH3 is 1. The normalized spacial score (nSPS) is 11.8. The number of ether oxygens (including phenoxy) is 1. The Bertz CT molecular complexity index is 946. The van der Waals surface area contributed by atoms with Crippen LogP contribution in [0.4, 0.5) is 0 Å². The quantitative estimate of drug-likeness (QED) is 0.694. The van der Waals surface area contributed by atoms with Gasteiger partial charge in [-0.3, -0.25) is 9.59 Å². The number of rotatable bonds is 7. The molecule has 2 heterocycles. The molecule has 0 aliphatic rings. The monoisotopic (exact) mass is 367 g/mol. The van der Waals surface area contributed by atoms with Crippen LogP contribution in [0.3, 0.4) is 0 Å². The van der Waals surface area contributed by atoms with E-state index in [2.05, 4.69) is 10.4 Å². The van der Waals surface area contributed by atoms with E-state index >= 15 is 0 Å². The van der Waals surface area contributed by atoms with E-state index in [0.29, 0.717) is 17.9 Å². The van der Waals surface area contributed by atoms with Crippen LogP contribution in [0.15, 0.2) is 64.0 Å². The Kier molecular flexibility index (Phi) is 5.71. The minimum atomic E-state index is -0.703. The predicted octanol–water partition coefficient (Wildman–Crippen LogP) is 2.78. The van der Waals surface area contributed by atoms with Crippen LogP contribution in [0.25, 0.3) is 11.3 Å². The minimum Gasteiger partial charge on any atom is -0.497 e. The Morgan fingerprint density at radius 2 is 2.00 bits per heavy atom. The average Bonchev–Trinajstić information content (AvgIpc) is 3.22. The Morgan fingerprint density at radius 1 is 1.22 bits per heavy atom. The zero-order valence-corrected chi connectivity index (χ0v) is 15.2. The van der Waals surface area contributed by atoms with Crippen molar-refractivity contribution in [1.29, 1.82) is 0 Å². The number of nitrogens with zero attached hydrogens (tertiary/aromatic N) is 2. The summed E-state index contributed by atoms with van der Waals surface area (Å²) < 4.78 is 11.6. The van der Waals surface area contributed by atoms with Gasteiger partial charge in [0.15, 0.2) is 0 Å². The number of hydrogen-bond donors (Lipinski definition) is 1. The van der Waals surface area contributed by atoms with Gasteiger partial charge in [-0.05, 0) is 48.9 Å². The molecule has 3 aromatic rings. The van der Waals surface area contributed by atoms with Crippen molar-refractivity contribution in [2.24, 2.45) is 0 Å². The summed E-state index contributed by atoms with van der Waals surface area (Å²) in [4.78, 5) is 24.9. The second-order valence-corrected chi connectivity index (χ2v) is 5.95. The summed E-state index contributed by atoms with van der Waals surface area (Å²) >= 11 is 0. The summed E-state index contributed by atoms with van der Waals surface area (Å²) in [6, 6.07) is 13.2. The van der Waals surface area contributed by atoms with Crippen LogP contribution in [0.5, 0.6) is 5.75 Å². The molecule has 1 aromatic carbocycles. The zero-order chi connectivity index (χ0) is 19.2. The average molecular weight is 367 g/mol. The molecule has 0 aliphatic carbocycles. The van der Waals surface area contributed by atoms with Gasteiger partial charge in [-0.1, -0.05) is 6.92 Å². The highest BCUT2D eigenvalue weighted by atomic mass is 16.5. The Morgan fingerprint density at radius 3 is 2.63 bits per heavy atom. The summed E-state index contributed by atoms with van der Waals surface area (Å²) in [7, 11) is 1.60. The molecule has 1 amide bonds. The number of benzene rings is 1. The van der Waals surface area contributed by atoms with Crippen molar-refractivity contribution in [3.05, 3.63) is 70.9 Å². The first-order valence-electron chi connectivity index (χ1n) is 8.66. The van der Waals surface area contributed by atoms with Gasteiger partial charge < -0.3 is 14.5 Å². The molecule has 140 valence electrons. The van der Waals surface area contributed by atoms with E-state index in [0.717, 1.165) is 11.3 Å². The minimum absolute atomic E-state index is 0.259. The molecule has 0 unspecified atom stereocenters. The van der Waals surface area contributed by atoms with Gasteiger partial charge in [0, 0.05) is 11.6 Å². The molecule has 3 rings (SSSR count). The fourth-order valence-electron chi connectivity index (χ4n) is 2.74. The molecule has 27 heavy (non-hydrogen) atoms. The van der Waals surface area contributed by atoms with E-state index in [1.807, 2.05) is 31.2 Å². The van der Waals surface area contributed by atoms with Gasteiger partial charge in [0.1, 0.15) is 17.6 Å². The summed E-state index contributed by atoms with van der Waals surface area (Å²) in [6.45, 7) is 2.10. The van der Waals surface area contributed by atoms with E-state index in [1.54, 1.807) is 31.6 Å². The molecule has 1 atom stereocenters. The van der Waals surface area contributed by atoms with E-state index in [4.69, 9.17) is 9.15 Å². The van der Waals surface area contributed by atoms with Crippen LogP contribution < -0.4 is 15.6 Å². The molecule has 0 aliphatic heterocycles. The number of amides is 1. The smallest absolute Gasteiger partial charge is 0.267 e. The van der Waals surface area contributed by atoms with Crippen LogP contribution in [-0.2, 0) is 11.3 Å². The fraction of sp³-hybridized carbons (Fsp3) is 0.250. The van der Waals surface area contributed by atoms with Gasteiger partial charge in [0.05, 0.1) is 25.6 Å². The van der Waals surface area contributed by atoms with Crippen LogP contribution in [0.2, 0.25) is 0 Å². The van der Waals surface area contributed by atoms with Crippen molar-refractivity contribution in [1.82, 2.24) is 15.1 Å². The maximum atomic E-state index is 12.6. The largest absolute Gasteiger partial charge is 0.497 e. The third-order valence-electron chi connectivity index (χ3n) is 4.21. The highest BCUT2D eigenvalue weighted by Gasteiger charge is 2.21. The first-order valence-corrected chi connectivity index (χ1v) is 8.66. The van der Waals surface area contributed by atoms with Gasteiger partial charge in [-0.15, -0.1) is 0 Å². The van der Waals surface area contributed by atoms with Crippen molar-refractivity contribution < 1.29 is 13.9 Å². The van der Waals surface area contributed by atoms with E-state index in [1.165, 1.54) is 10.7 Å². The molecule has 7 nitrogen and oxygen atoms in total.